The topological polar surface area (TPSA) is 42.3 Å². The molecule has 0 amide bonds. The number of hydrogen-bond donors (Lipinski definition) is 0. The van der Waals surface area contributed by atoms with Crippen LogP contribution in [0.4, 0.5) is 0 Å². The largest absolute Gasteiger partial charge is 0.298 e. The molecule has 1 aliphatic rings. The Balaban J connectivity index is 2.28. The summed E-state index contributed by atoms with van der Waals surface area (Å²) in [6, 6.07) is 12.1. The summed E-state index contributed by atoms with van der Waals surface area (Å²) in [4.78, 5) is 22.8. The van der Waals surface area contributed by atoms with Crippen LogP contribution in [0.25, 0.3) is 0 Å². The van der Waals surface area contributed by atoms with Crippen molar-refractivity contribution in [3.05, 3.63) is 94.3 Å². The Labute approximate surface area is 151 Å². The zero-order chi connectivity index (χ0) is 17.8. The number of aldehydes is 1. The molecule has 25 heavy (non-hydrogen) atoms. The lowest BCUT2D eigenvalue weighted by molar-refractivity contribution is -0.104. The normalized spacial score (nSPS) is 14.5. The van der Waals surface area contributed by atoms with Crippen molar-refractivity contribution in [1.29, 1.82) is 0 Å². The Hall–Kier alpha value is -2.72. The number of pyridine rings is 1. The van der Waals surface area contributed by atoms with E-state index in [0.29, 0.717) is 5.57 Å². The van der Waals surface area contributed by atoms with Gasteiger partial charge >= 0.3 is 0 Å². The lowest BCUT2D eigenvalue weighted by Crippen LogP contribution is -2.09. The highest BCUT2D eigenvalue weighted by Crippen LogP contribution is 2.36. The van der Waals surface area contributed by atoms with Gasteiger partial charge in [-0.25, -0.2) is 4.99 Å². The van der Waals surface area contributed by atoms with E-state index in [1.165, 1.54) is 6.08 Å². The number of carbonyl (C=O) groups is 1. The van der Waals surface area contributed by atoms with Gasteiger partial charge in [0.2, 0.25) is 0 Å². The highest BCUT2D eigenvalue weighted by Gasteiger charge is 2.20. The number of allylic oxidation sites excluding steroid dienone is 4. The summed E-state index contributed by atoms with van der Waals surface area (Å²) in [5.74, 6) is 0. The van der Waals surface area contributed by atoms with Crippen LogP contribution < -0.4 is 0 Å². The number of aryl methyl sites for hydroxylation is 1. The molecule has 3 nitrogen and oxygen atoms in total. The minimum Gasteiger partial charge on any atom is -0.298 e. The number of benzene rings is 1. The van der Waals surface area contributed by atoms with Crippen molar-refractivity contribution in [3.63, 3.8) is 0 Å². The maximum atomic E-state index is 11.2. The molecule has 0 fully saturated rings. The number of hydrogen-bond acceptors (Lipinski definition) is 4. The first-order valence-corrected chi connectivity index (χ1v) is 8.74. The zero-order valence-electron chi connectivity index (χ0n) is 14.2. The molecule has 0 saturated heterocycles. The first-order valence-electron chi connectivity index (χ1n) is 7.92. The fourth-order valence-corrected chi connectivity index (χ4v) is 3.54. The molecule has 4 heteroatoms. The molecule has 0 atom stereocenters. The fourth-order valence-electron chi connectivity index (χ4n) is 2.57. The molecule has 1 aromatic carbocycles. The van der Waals surface area contributed by atoms with Crippen LogP contribution in [0.3, 0.4) is 0 Å². The molecule has 2 heterocycles. The first kappa shape index (κ1) is 17.1. The van der Waals surface area contributed by atoms with E-state index in [0.717, 1.165) is 44.3 Å². The van der Waals surface area contributed by atoms with Crippen LogP contribution in [0.1, 0.15) is 23.7 Å². The molecule has 3 rings (SSSR count). The van der Waals surface area contributed by atoms with Gasteiger partial charge in [-0.15, -0.1) is 0 Å². The third-order valence-corrected chi connectivity index (χ3v) is 5.00. The van der Waals surface area contributed by atoms with Gasteiger partial charge in [0.15, 0.2) is 0 Å². The lowest BCUT2D eigenvalue weighted by atomic mass is 10.0. The Morgan fingerprint density at radius 1 is 1.16 bits per heavy atom. The van der Waals surface area contributed by atoms with Crippen molar-refractivity contribution in [2.24, 2.45) is 4.99 Å². The van der Waals surface area contributed by atoms with E-state index in [-0.39, 0.29) is 0 Å². The van der Waals surface area contributed by atoms with Gasteiger partial charge in [-0.3, -0.25) is 9.78 Å². The fraction of sp³-hybridized carbons (Fsp3) is 0.0952. The predicted octanol–water partition coefficient (Wildman–Crippen LogP) is 4.88. The molecule has 2 aromatic rings. The second-order valence-corrected chi connectivity index (χ2v) is 6.89. The Bertz CT molecular complexity index is 928. The van der Waals surface area contributed by atoms with Crippen LogP contribution >= 0.6 is 11.8 Å². The van der Waals surface area contributed by atoms with E-state index >= 15 is 0 Å². The van der Waals surface area contributed by atoms with Gasteiger partial charge in [-0.2, -0.15) is 0 Å². The summed E-state index contributed by atoms with van der Waals surface area (Å²) in [5.41, 5.74) is 5.03. The maximum Gasteiger partial charge on any atom is 0.150 e. The standard InChI is InChI=1S/C21H18N2OS/c1-4-16(13-24)12-18-15(3)25-19-10-6-5-9-17(19)21(23-18)20-14(2)8-7-11-22-20/h4-13H,1H2,2-3H3/b16-12+. The van der Waals surface area contributed by atoms with Gasteiger partial charge in [0, 0.05) is 27.1 Å². The average molecular weight is 346 g/mol. The predicted molar refractivity (Wildman–Crippen MR) is 104 cm³/mol. The highest BCUT2D eigenvalue weighted by atomic mass is 32.2. The molecule has 0 saturated carbocycles. The molecule has 124 valence electrons. The molecule has 0 radical (unpaired) electrons. The van der Waals surface area contributed by atoms with Gasteiger partial charge in [0.1, 0.15) is 6.29 Å². The summed E-state index contributed by atoms with van der Waals surface area (Å²) in [6.45, 7) is 7.72. The van der Waals surface area contributed by atoms with Crippen molar-refractivity contribution < 1.29 is 4.79 Å². The zero-order valence-corrected chi connectivity index (χ0v) is 15.0. The summed E-state index contributed by atoms with van der Waals surface area (Å²) in [7, 11) is 0. The van der Waals surface area contributed by atoms with Gasteiger partial charge in [0.25, 0.3) is 0 Å². The molecule has 0 bridgehead atoms. The number of aromatic nitrogens is 1. The number of thioether (sulfide) groups is 1. The third kappa shape index (κ3) is 3.54. The van der Waals surface area contributed by atoms with Crippen molar-refractivity contribution in [3.8, 4) is 0 Å². The second kappa shape index (κ2) is 7.45. The van der Waals surface area contributed by atoms with E-state index in [1.807, 2.05) is 38.1 Å². The number of rotatable bonds is 4. The van der Waals surface area contributed by atoms with E-state index in [1.54, 1.807) is 24.0 Å². The SMILES string of the molecule is C=C/C(C=O)=C\C1=C(C)Sc2ccccc2C(c2ncccc2C)=N1. The molecule has 1 aliphatic heterocycles. The average Bonchev–Trinajstić information content (AvgIpc) is 2.76. The Morgan fingerprint density at radius 2 is 1.96 bits per heavy atom. The van der Waals surface area contributed by atoms with E-state index in [2.05, 4.69) is 23.7 Å². The van der Waals surface area contributed by atoms with Crippen LogP contribution in [0.5, 0.6) is 0 Å². The Morgan fingerprint density at radius 3 is 2.68 bits per heavy atom. The summed E-state index contributed by atoms with van der Waals surface area (Å²) in [5, 5.41) is 0. The molecule has 0 spiro atoms. The van der Waals surface area contributed by atoms with Crippen LogP contribution in [0.2, 0.25) is 0 Å². The van der Waals surface area contributed by atoms with Gasteiger partial charge in [0.05, 0.1) is 17.1 Å². The first-order chi connectivity index (χ1) is 12.1. The van der Waals surface area contributed by atoms with Crippen molar-refractivity contribution in [2.75, 3.05) is 0 Å². The van der Waals surface area contributed by atoms with Crippen molar-refractivity contribution in [1.82, 2.24) is 4.98 Å². The van der Waals surface area contributed by atoms with E-state index in [4.69, 9.17) is 4.99 Å². The van der Waals surface area contributed by atoms with Crippen LogP contribution in [0.15, 0.2) is 87.4 Å². The minimum absolute atomic E-state index is 0.502. The smallest absolute Gasteiger partial charge is 0.150 e. The summed E-state index contributed by atoms with van der Waals surface area (Å²) >= 11 is 1.65. The molecule has 1 aromatic heterocycles. The Kier molecular flexibility index (Phi) is 5.10. The highest BCUT2D eigenvalue weighted by molar-refractivity contribution is 8.03. The molecule has 0 aliphatic carbocycles. The van der Waals surface area contributed by atoms with Crippen LogP contribution in [-0.4, -0.2) is 17.0 Å². The monoisotopic (exact) mass is 346 g/mol. The number of aliphatic imine (C=N–C) groups is 1. The molecule has 0 N–H and O–H groups in total. The van der Waals surface area contributed by atoms with E-state index < -0.39 is 0 Å². The molecular weight excluding hydrogens is 328 g/mol. The minimum atomic E-state index is 0.502. The van der Waals surface area contributed by atoms with Crippen molar-refractivity contribution >= 4 is 23.8 Å². The van der Waals surface area contributed by atoms with Crippen molar-refractivity contribution in [2.45, 2.75) is 18.7 Å². The summed E-state index contributed by atoms with van der Waals surface area (Å²) in [6.07, 6.45) is 5.87. The van der Waals surface area contributed by atoms with Crippen LogP contribution in [0, 0.1) is 6.92 Å². The van der Waals surface area contributed by atoms with Gasteiger partial charge in [-0.1, -0.05) is 48.7 Å². The molecular formula is C21H18N2OS. The number of nitrogens with zero attached hydrogens (tertiary/aromatic N) is 2. The number of carbonyl (C=O) groups excluding carboxylic acids is 1. The maximum absolute atomic E-state index is 11.2. The van der Waals surface area contributed by atoms with Gasteiger partial charge in [-0.05, 0) is 37.6 Å². The summed E-state index contributed by atoms with van der Waals surface area (Å²) < 4.78 is 0. The molecule has 0 unspecified atom stereocenters. The van der Waals surface area contributed by atoms with Gasteiger partial charge < -0.3 is 0 Å². The third-order valence-electron chi connectivity index (χ3n) is 3.91. The quantitative estimate of drug-likeness (QED) is 0.450. The lowest BCUT2D eigenvalue weighted by Gasteiger charge is -2.10. The van der Waals surface area contributed by atoms with Crippen LogP contribution in [-0.2, 0) is 4.79 Å². The number of fused-ring (bicyclic) bond motifs is 1. The van der Waals surface area contributed by atoms with E-state index in [9.17, 15) is 4.79 Å². The second-order valence-electron chi connectivity index (χ2n) is 5.64.